The maximum Gasteiger partial charge on any atom is 0.276 e. The Bertz CT molecular complexity index is 701. The zero-order valence-electron chi connectivity index (χ0n) is 13.8. The van der Waals surface area contributed by atoms with Gasteiger partial charge in [0.05, 0.1) is 11.9 Å². The van der Waals surface area contributed by atoms with Gasteiger partial charge in [0.1, 0.15) is 5.69 Å². The van der Waals surface area contributed by atoms with Gasteiger partial charge in [0, 0.05) is 26.3 Å². The van der Waals surface area contributed by atoms with Crippen LogP contribution in [-0.2, 0) is 13.6 Å². The third kappa shape index (κ3) is 3.97. The molecule has 2 rings (SSSR count). The summed E-state index contributed by atoms with van der Waals surface area (Å²) in [6.07, 6.45) is 3.19. The molecule has 23 heavy (non-hydrogen) atoms. The molecule has 0 saturated carbocycles. The summed E-state index contributed by atoms with van der Waals surface area (Å²) in [6.45, 7) is 7.20. The van der Waals surface area contributed by atoms with Crippen LogP contribution in [0.4, 0.5) is 5.69 Å². The Balaban J connectivity index is 2.14. The quantitative estimate of drug-likeness (QED) is 0.839. The topological polar surface area (TPSA) is 93.8 Å². The monoisotopic (exact) mass is 318 g/mol. The number of rotatable bonds is 6. The second-order valence-electron chi connectivity index (χ2n) is 5.65. The van der Waals surface area contributed by atoms with E-state index in [0.29, 0.717) is 36.1 Å². The Kier molecular flexibility index (Phi) is 5.15. The molecule has 0 aliphatic heterocycles. The molecule has 2 N–H and O–H groups in total. The van der Waals surface area contributed by atoms with Crippen molar-refractivity contribution < 1.29 is 9.59 Å². The maximum absolute atomic E-state index is 12.3. The van der Waals surface area contributed by atoms with Crippen molar-refractivity contribution in [1.82, 2.24) is 24.9 Å². The minimum Gasteiger partial charge on any atom is -0.350 e. The molecule has 8 nitrogen and oxygen atoms in total. The van der Waals surface area contributed by atoms with Crippen LogP contribution in [0.3, 0.4) is 0 Å². The Morgan fingerprint density at radius 3 is 2.65 bits per heavy atom. The summed E-state index contributed by atoms with van der Waals surface area (Å²) >= 11 is 0. The maximum atomic E-state index is 12.3. The molecule has 0 saturated heterocycles. The van der Waals surface area contributed by atoms with Gasteiger partial charge in [-0.25, -0.2) is 0 Å². The van der Waals surface area contributed by atoms with Crippen molar-refractivity contribution in [3.8, 4) is 0 Å². The molecule has 2 aromatic rings. The largest absolute Gasteiger partial charge is 0.350 e. The summed E-state index contributed by atoms with van der Waals surface area (Å²) < 4.78 is 3.10. The third-order valence-corrected chi connectivity index (χ3v) is 3.27. The second-order valence-corrected chi connectivity index (χ2v) is 5.65. The molecule has 2 amide bonds. The van der Waals surface area contributed by atoms with Crippen LogP contribution >= 0.6 is 0 Å². The van der Waals surface area contributed by atoms with Crippen molar-refractivity contribution in [2.24, 2.45) is 13.0 Å². The molecule has 2 aromatic heterocycles. The number of carbonyl (C=O) groups is 2. The minimum absolute atomic E-state index is 0.270. The van der Waals surface area contributed by atoms with Gasteiger partial charge < -0.3 is 10.6 Å². The third-order valence-electron chi connectivity index (χ3n) is 3.27. The van der Waals surface area contributed by atoms with Crippen LogP contribution in [-0.4, -0.2) is 37.9 Å². The average Bonchev–Trinajstić information content (AvgIpc) is 3.12. The summed E-state index contributed by atoms with van der Waals surface area (Å²) in [5.41, 5.74) is 0.975. The lowest BCUT2D eigenvalue weighted by Crippen LogP contribution is -2.30. The molecule has 0 aliphatic carbocycles. The molecule has 0 aromatic carbocycles. The molecule has 0 radical (unpaired) electrons. The zero-order valence-corrected chi connectivity index (χ0v) is 13.8. The average molecular weight is 318 g/mol. The van der Waals surface area contributed by atoms with E-state index in [0.717, 1.165) is 0 Å². The predicted octanol–water partition coefficient (Wildman–Crippen LogP) is 1.27. The first-order valence-electron chi connectivity index (χ1n) is 7.57. The predicted molar refractivity (Wildman–Crippen MR) is 86.2 cm³/mol. The van der Waals surface area contributed by atoms with E-state index in [1.54, 1.807) is 24.0 Å². The number of aryl methyl sites for hydroxylation is 2. The molecule has 124 valence electrons. The van der Waals surface area contributed by atoms with Gasteiger partial charge in [-0.1, -0.05) is 13.8 Å². The summed E-state index contributed by atoms with van der Waals surface area (Å²) in [7, 11) is 1.66. The van der Waals surface area contributed by atoms with Gasteiger partial charge in [0.25, 0.3) is 11.8 Å². The molecular formula is C15H22N6O2. The normalized spacial score (nSPS) is 10.8. The van der Waals surface area contributed by atoms with Crippen LogP contribution in [0.25, 0.3) is 0 Å². The first-order valence-corrected chi connectivity index (χ1v) is 7.57. The van der Waals surface area contributed by atoms with E-state index in [-0.39, 0.29) is 11.8 Å². The lowest BCUT2D eigenvalue weighted by Gasteiger charge is -2.10. The molecule has 0 spiro atoms. The zero-order chi connectivity index (χ0) is 17.0. The molecule has 0 unspecified atom stereocenters. The van der Waals surface area contributed by atoms with Crippen molar-refractivity contribution >= 4 is 17.5 Å². The second kappa shape index (κ2) is 7.08. The highest BCUT2D eigenvalue weighted by Gasteiger charge is 2.20. The van der Waals surface area contributed by atoms with Gasteiger partial charge in [-0.3, -0.25) is 19.0 Å². The van der Waals surface area contributed by atoms with Crippen molar-refractivity contribution in [2.75, 3.05) is 11.9 Å². The first kappa shape index (κ1) is 16.7. The lowest BCUT2D eigenvalue weighted by molar-refractivity contribution is 0.0940. The highest BCUT2D eigenvalue weighted by molar-refractivity contribution is 6.07. The Morgan fingerprint density at radius 1 is 1.30 bits per heavy atom. The molecule has 0 fully saturated rings. The van der Waals surface area contributed by atoms with Gasteiger partial charge in [0.15, 0.2) is 5.69 Å². The molecular weight excluding hydrogens is 296 g/mol. The number of carbonyl (C=O) groups excluding carboxylic acids is 2. The SMILES string of the molecule is CCn1ccc(C(=O)Nc2cnn(C)c2C(=O)NCC(C)C)n1. The van der Waals surface area contributed by atoms with Crippen LogP contribution in [0.2, 0.25) is 0 Å². The van der Waals surface area contributed by atoms with Gasteiger partial charge in [-0.2, -0.15) is 10.2 Å². The van der Waals surface area contributed by atoms with Crippen LogP contribution < -0.4 is 10.6 Å². The Morgan fingerprint density at radius 2 is 2.04 bits per heavy atom. The molecule has 0 bridgehead atoms. The van der Waals surface area contributed by atoms with Crippen LogP contribution in [0.1, 0.15) is 41.7 Å². The number of nitrogens with zero attached hydrogens (tertiary/aromatic N) is 4. The highest BCUT2D eigenvalue weighted by Crippen LogP contribution is 2.15. The van der Waals surface area contributed by atoms with E-state index in [4.69, 9.17) is 0 Å². The number of amides is 2. The summed E-state index contributed by atoms with van der Waals surface area (Å²) in [4.78, 5) is 24.5. The van der Waals surface area contributed by atoms with E-state index in [1.807, 2.05) is 20.8 Å². The molecule has 8 heteroatoms. The van der Waals surface area contributed by atoms with Crippen molar-refractivity contribution in [3.63, 3.8) is 0 Å². The molecule has 0 aliphatic rings. The van der Waals surface area contributed by atoms with E-state index in [1.165, 1.54) is 10.9 Å². The fourth-order valence-electron chi connectivity index (χ4n) is 2.02. The first-order chi connectivity index (χ1) is 10.9. The van der Waals surface area contributed by atoms with Crippen LogP contribution in [0.5, 0.6) is 0 Å². The van der Waals surface area contributed by atoms with E-state index in [9.17, 15) is 9.59 Å². The number of aromatic nitrogens is 4. The van der Waals surface area contributed by atoms with Crippen molar-refractivity contribution in [1.29, 1.82) is 0 Å². The number of hydrogen-bond acceptors (Lipinski definition) is 4. The van der Waals surface area contributed by atoms with Crippen molar-refractivity contribution in [3.05, 3.63) is 29.8 Å². The van der Waals surface area contributed by atoms with E-state index >= 15 is 0 Å². The Labute approximate surface area is 134 Å². The Hall–Kier alpha value is -2.64. The number of nitrogens with one attached hydrogen (secondary N) is 2. The number of anilines is 1. The number of hydrogen-bond donors (Lipinski definition) is 2. The summed E-state index contributed by atoms with van der Waals surface area (Å²) in [5, 5.41) is 13.7. The van der Waals surface area contributed by atoms with Gasteiger partial charge >= 0.3 is 0 Å². The molecule has 2 heterocycles. The highest BCUT2D eigenvalue weighted by atomic mass is 16.2. The smallest absolute Gasteiger partial charge is 0.276 e. The minimum atomic E-state index is -0.372. The summed E-state index contributed by atoms with van der Waals surface area (Å²) in [6, 6.07) is 1.63. The van der Waals surface area contributed by atoms with Gasteiger partial charge in [-0.15, -0.1) is 0 Å². The van der Waals surface area contributed by atoms with Crippen LogP contribution in [0, 0.1) is 5.92 Å². The summed E-state index contributed by atoms with van der Waals surface area (Å²) in [5.74, 6) is -0.306. The molecule has 0 atom stereocenters. The lowest BCUT2D eigenvalue weighted by atomic mass is 10.2. The van der Waals surface area contributed by atoms with Gasteiger partial charge in [0.2, 0.25) is 0 Å². The van der Waals surface area contributed by atoms with Gasteiger partial charge in [-0.05, 0) is 18.9 Å². The fourth-order valence-corrected chi connectivity index (χ4v) is 2.02. The van der Waals surface area contributed by atoms with Crippen LogP contribution in [0.15, 0.2) is 18.5 Å². The van der Waals surface area contributed by atoms with E-state index in [2.05, 4.69) is 20.8 Å². The standard InChI is InChI=1S/C15H22N6O2/c1-5-21-7-6-11(19-21)14(22)18-12-9-17-20(4)13(12)15(23)16-8-10(2)3/h6-7,9-10H,5,8H2,1-4H3,(H,16,23)(H,18,22). The fraction of sp³-hybridized carbons (Fsp3) is 0.467. The van der Waals surface area contributed by atoms with Crippen molar-refractivity contribution in [2.45, 2.75) is 27.3 Å². The van der Waals surface area contributed by atoms with E-state index < -0.39 is 0 Å².